The van der Waals surface area contributed by atoms with Crippen molar-refractivity contribution >= 4 is 11.7 Å². The molecule has 0 fully saturated rings. The molecule has 0 aliphatic carbocycles. The van der Waals surface area contributed by atoms with Crippen molar-refractivity contribution in [3.63, 3.8) is 0 Å². The summed E-state index contributed by atoms with van der Waals surface area (Å²) in [7, 11) is 0. The lowest BCUT2D eigenvalue weighted by Crippen LogP contribution is -2.12. The van der Waals surface area contributed by atoms with Gasteiger partial charge in [0.15, 0.2) is 0 Å². The third-order valence-corrected chi connectivity index (χ3v) is 3.36. The van der Waals surface area contributed by atoms with Crippen LogP contribution in [0.1, 0.15) is 29.8 Å². The third-order valence-electron chi connectivity index (χ3n) is 3.36. The normalized spacial score (nSPS) is 13.2. The minimum atomic E-state index is 0.00732. The fraction of sp³-hybridized carbons (Fsp3) is 0.250. The van der Waals surface area contributed by atoms with Crippen LogP contribution in [0.15, 0.2) is 36.5 Å². The summed E-state index contributed by atoms with van der Waals surface area (Å²) in [6.45, 7) is 4.75. The number of pyridine rings is 1. The molecule has 20 heavy (non-hydrogen) atoms. The number of benzene rings is 1. The molecule has 1 aromatic heterocycles. The van der Waals surface area contributed by atoms with Gasteiger partial charge in [0.05, 0.1) is 0 Å². The van der Waals surface area contributed by atoms with Gasteiger partial charge >= 0.3 is 0 Å². The van der Waals surface area contributed by atoms with Gasteiger partial charge in [-0.3, -0.25) is 4.79 Å². The lowest BCUT2D eigenvalue weighted by Gasteiger charge is -2.10. The molecule has 0 radical (unpaired) electrons. The molecule has 0 bridgehead atoms. The van der Waals surface area contributed by atoms with Crippen LogP contribution in [-0.2, 0) is 6.54 Å². The average molecular weight is 267 g/mol. The highest BCUT2D eigenvalue weighted by Crippen LogP contribution is 2.29. The Balaban J connectivity index is 1.96. The summed E-state index contributed by atoms with van der Waals surface area (Å²) >= 11 is 0. The van der Waals surface area contributed by atoms with Crippen molar-refractivity contribution in [1.82, 2.24) is 10.3 Å². The van der Waals surface area contributed by atoms with E-state index < -0.39 is 0 Å². The number of aromatic nitrogens is 1. The van der Waals surface area contributed by atoms with E-state index in [1.807, 2.05) is 36.5 Å². The second-order valence-electron chi connectivity index (χ2n) is 5.25. The second kappa shape index (κ2) is 4.96. The summed E-state index contributed by atoms with van der Waals surface area (Å²) in [5.41, 5.74) is 3.94. The summed E-state index contributed by atoms with van der Waals surface area (Å²) in [6.07, 6.45) is 1.85. The Morgan fingerprint density at radius 1 is 1.20 bits per heavy atom. The first-order valence-corrected chi connectivity index (χ1v) is 6.78. The minimum Gasteiger partial charge on any atom is -0.368 e. The van der Waals surface area contributed by atoms with Gasteiger partial charge in [-0.05, 0) is 43.2 Å². The molecule has 2 aromatic rings. The maximum absolute atomic E-state index is 11.7. The molecule has 4 nitrogen and oxygen atoms in total. The van der Waals surface area contributed by atoms with E-state index >= 15 is 0 Å². The predicted octanol–water partition coefficient (Wildman–Crippen LogP) is 2.81. The highest BCUT2D eigenvalue weighted by Gasteiger charge is 2.21. The molecule has 3 rings (SSSR count). The predicted molar refractivity (Wildman–Crippen MR) is 79.6 cm³/mol. The van der Waals surface area contributed by atoms with Gasteiger partial charge in [0.2, 0.25) is 0 Å². The Labute approximate surface area is 118 Å². The number of rotatable bonds is 3. The van der Waals surface area contributed by atoms with E-state index in [1.165, 1.54) is 0 Å². The molecule has 102 valence electrons. The number of hydrogen-bond acceptors (Lipinski definition) is 3. The van der Waals surface area contributed by atoms with Crippen molar-refractivity contribution in [2.24, 2.45) is 0 Å². The van der Waals surface area contributed by atoms with E-state index in [2.05, 4.69) is 29.5 Å². The number of nitrogens with one attached hydrogen (secondary N) is 2. The van der Waals surface area contributed by atoms with E-state index in [4.69, 9.17) is 0 Å². The molecule has 1 amide bonds. The first kappa shape index (κ1) is 12.7. The molecule has 0 unspecified atom stereocenters. The van der Waals surface area contributed by atoms with Crippen LogP contribution in [0.3, 0.4) is 0 Å². The molecule has 1 aromatic carbocycles. The van der Waals surface area contributed by atoms with Crippen molar-refractivity contribution in [3.05, 3.63) is 47.7 Å². The average Bonchev–Trinajstić information content (AvgIpc) is 2.81. The van der Waals surface area contributed by atoms with Gasteiger partial charge < -0.3 is 10.6 Å². The number of amides is 1. The van der Waals surface area contributed by atoms with Crippen LogP contribution >= 0.6 is 0 Å². The van der Waals surface area contributed by atoms with Crippen LogP contribution in [0, 0.1) is 0 Å². The first-order chi connectivity index (χ1) is 9.65. The van der Waals surface area contributed by atoms with Gasteiger partial charge in [0.25, 0.3) is 5.91 Å². The fourth-order valence-corrected chi connectivity index (χ4v) is 2.46. The maximum atomic E-state index is 11.7. The molecular formula is C16H17N3O. The van der Waals surface area contributed by atoms with E-state index in [9.17, 15) is 4.79 Å². The van der Waals surface area contributed by atoms with Gasteiger partial charge in [-0.1, -0.05) is 12.1 Å². The smallest absolute Gasteiger partial charge is 0.251 e. The van der Waals surface area contributed by atoms with Gasteiger partial charge in [0, 0.05) is 29.9 Å². The van der Waals surface area contributed by atoms with Gasteiger partial charge in [-0.25, -0.2) is 4.98 Å². The molecule has 0 spiro atoms. The molecule has 0 saturated carbocycles. The number of hydrogen-bond donors (Lipinski definition) is 2. The van der Waals surface area contributed by atoms with Crippen LogP contribution in [0.4, 0.5) is 5.82 Å². The zero-order valence-corrected chi connectivity index (χ0v) is 11.6. The second-order valence-corrected chi connectivity index (χ2v) is 5.25. The molecule has 2 N–H and O–H groups in total. The zero-order chi connectivity index (χ0) is 14.1. The van der Waals surface area contributed by atoms with Crippen molar-refractivity contribution in [2.45, 2.75) is 26.4 Å². The van der Waals surface area contributed by atoms with Crippen LogP contribution in [0.2, 0.25) is 0 Å². The number of nitrogens with zero attached hydrogens (tertiary/aromatic N) is 1. The van der Waals surface area contributed by atoms with Crippen molar-refractivity contribution in [2.75, 3.05) is 5.32 Å². The largest absolute Gasteiger partial charge is 0.368 e. The molecule has 0 atom stereocenters. The topological polar surface area (TPSA) is 54.0 Å². The number of fused-ring (bicyclic) bond motifs is 1. The number of carbonyl (C=O) groups is 1. The van der Waals surface area contributed by atoms with E-state index in [0.29, 0.717) is 12.6 Å². The lowest BCUT2D eigenvalue weighted by molar-refractivity contribution is 0.0966. The summed E-state index contributed by atoms with van der Waals surface area (Å²) in [5, 5.41) is 6.13. The standard InChI is InChI=1S/C16H17N3O/c1-10(2)19-15-7-6-11(8-17-15)12-4-3-5-13-14(12)9-18-16(13)20/h3-8,10H,9H2,1-2H3,(H,17,19)(H,18,20). The van der Waals surface area contributed by atoms with Crippen LogP contribution in [-0.4, -0.2) is 16.9 Å². The Morgan fingerprint density at radius 3 is 2.70 bits per heavy atom. The number of carbonyl (C=O) groups excluding carboxylic acids is 1. The highest BCUT2D eigenvalue weighted by molar-refractivity contribution is 6.00. The fourth-order valence-electron chi connectivity index (χ4n) is 2.46. The molecule has 1 aliphatic rings. The summed E-state index contributed by atoms with van der Waals surface area (Å²) in [6, 6.07) is 10.2. The molecule has 1 aliphatic heterocycles. The van der Waals surface area contributed by atoms with Crippen LogP contribution in [0.25, 0.3) is 11.1 Å². The van der Waals surface area contributed by atoms with Gasteiger partial charge in [0.1, 0.15) is 5.82 Å². The van der Waals surface area contributed by atoms with Crippen molar-refractivity contribution in [3.8, 4) is 11.1 Å². The Bertz CT molecular complexity index is 647. The highest BCUT2D eigenvalue weighted by atomic mass is 16.1. The van der Waals surface area contributed by atoms with Crippen molar-refractivity contribution < 1.29 is 4.79 Å². The lowest BCUT2D eigenvalue weighted by atomic mass is 9.98. The van der Waals surface area contributed by atoms with E-state index in [1.54, 1.807) is 0 Å². The summed E-state index contributed by atoms with van der Waals surface area (Å²) in [4.78, 5) is 16.1. The SMILES string of the molecule is CC(C)Nc1ccc(-c2cccc3c2CNC3=O)cn1. The van der Waals surface area contributed by atoms with Crippen LogP contribution in [0.5, 0.6) is 0 Å². The quantitative estimate of drug-likeness (QED) is 0.899. The Hall–Kier alpha value is -2.36. The number of anilines is 1. The maximum Gasteiger partial charge on any atom is 0.251 e. The molecular weight excluding hydrogens is 250 g/mol. The summed E-state index contributed by atoms with van der Waals surface area (Å²) < 4.78 is 0. The molecule has 4 heteroatoms. The van der Waals surface area contributed by atoms with E-state index in [-0.39, 0.29) is 5.91 Å². The van der Waals surface area contributed by atoms with Gasteiger partial charge in [-0.15, -0.1) is 0 Å². The van der Waals surface area contributed by atoms with Crippen LogP contribution < -0.4 is 10.6 Å². The van der Waals surface area contributed by atoms with E-state index in [0.717, 1.165) is 28.1 Å². The minimum absolute atomic E-state index is 0.00732. The molecule has 2 heterocycles. The monoisotopic (exact) mass is 267 g/mol. The Morgan fingerprint density at radius 2 is 2.00 bits per heavy atom. The zero-order valence-electron chi connectivity index (χ0n) is 11.6. The third kappa shape index (κ3) is 2.25. The Kier molecular flexibility index (Phi) is 3.14. The summed E-state index contributed by atoms with van der Waals surface area (Å²) in [5.74, 6) is 0.874. The molecule has 0 saturated heterocycles. The van der Waals surface area contributed by atoms with Crippen molar-refractivity contribution in [1.29, 1.82) is 0 Å². The first-order valence-electron chi connectivity index (χ1n) is 6.78. The van der Waals surface area contributed by atoms with Gasteiger partial charge in [-0.2, -0.15) is 0 Å².